The third kappa shape index (κ3) is 3.65. The summed E-state index contributed by atoms with van der Waals surface area (Å²) in [7, 11) is -3.92. The maximum atomic E-state index is 12.5. The van der Waals surface area contributed by atoms with Gasteiger partial charge < -0.3 is 10.0 Å². The normalized spacial score (nSPS) is 19.0. The molecule has 22 heavy (non-hydrogen) atoms. The smallest absolute Gasteiger partial charge is 0.308 e. The van der Waals surface area contributed by atoms with E-state index in [4.69, 9.17) is 10.2 Å². The van der Waals surface area contributed by atoms with Gasteiger partial charge in [-0.25, -0.2) is 13.6 Å². The maximum Gasteiger partial charge on any atom is 0.308 e. The molecule has 0 aliphatic carbocycles. The summed E-state index contributed by atoms with van der Waals surface area (Å²) in [6.45, 7) is 0.550. The number of aliphatic carboxylic acids is 1. The van der Waals surface area contributed by atoms with Gasteiger partial charge in [0.05, 0.1) is 16.4 Å². The largest absolute Gasteiger partial charge is 0.481 e. The molecule has 1 aromatic rings. The zero-order chi connectivity index (χ0) is 16.5. The second-order valence-corrected chi connectivity index (χ2v) is 7.53. The Morgan fingerprint density at radius 2 is 2.05 bits per heavy atom. The standard InChI is InChI=1S/C13H15BrN2O5S/c14-11-4-3-9(22(15,20)21)6-10(11)12(17)16-5-1-2-8(7-16)13(18)19/h3-4,6,8H,1-2,5,7H2,(H,18,19)(H2,15,20,21). The Morgan fingerprint density at radius 1 is 1.36 bits per heavy atom. The number of nitrogens with two attached hydrogens (primary N) is 1. The fourth-order valence-corrected chi connectivity index (χ4v) is 3.33. The molecule has 1 aliphatic rings. The van der Waals surface area contributed by atoms with Gasteiger partial charge in [-0.05, 0) is 47.0 Å². The lowest BCUT2D eigenvalue weighted by atomic mass is 9.97. The molecule has 1 saturated heterocycles. The van der Waals surface area contributed by atoms with Crippen molar-refractivity contribution in [3.63, 3.8) is 0 Å². The van der Waals surface area contributed by atoms with Crippen molar-refractivity contribution >= 4 is 37.8 Å². The Hall–Kier alpha value is -1.45. The quantitative estimate of drug-likeness (QED) is 0.798. The highest BCUT2D eigenvalue weighted by Gasteiger charge is 2.29. The van der Waals surface area contributed by atoms with E-state index in [0.717, 1.165) is 0 Å². The van der Waals surface area contributed by atoms with Crippen LogP contribution in [0.2, 0.25) is 0 Å². The molecule has 7 nitrogen and oxygen atoms in total. The van der Waals surface area contributed by atoms with Gasteiger partial charge in [-0.1, -0.05) is 0 Å². The van der Waals surface area contributed by atoms with Crippen LogP contribution < -0.4 is 5.14 Å². The first-order valence-electron chi connectivity index (χ1n) is 6.54. The number of amides is 1. The lowest BCUT2D eigenvalue weighted by Gasteiger charge is -2.31. The number of hydrogen-bond donors (Lipinski definition) is 2. The molecule has 0 radical (unpaired) electrons. The summed E-state index contributed by atoms with van der Waals surface area (Å²) in [5.74, 6) is -1.95. The van der Waals surface area contributed by atoms with Crippen molar-refractivity contribution in [1.82, 2.24) is 4.90 Å². The Bertz CT molecular complexity index is 719. The number of halogens is 1. The molecular weight excluding hydrogens is 376 g/mol. The van der Waals surface area contributed by atoms with Gasteiger partial charge in [0.15, 0.2) is 0 Å². The van der Waals surface area contributed by atoms with Crippen molar-refractivity contribution < 1.29 is 23.1 Å². The van der Waals surface area contributed by atoms with E-state index >= 15 is 0 Å². The fraction of sp³-hybridized carbons (Fsp3) is 0.385. The van der Waals surface area contributed by atoms with Crippen molar-refractivity contribution in [1.29, 1.82) is 0 Å². The molecule has 1 aromatic carbocycles. The van der Waals surface area contributed by atoms with Crippen LogP contribution >= 0.6 is 15.9 Å². The molecule has 1 unspecified atom stereocenters. The summed E-state index contributed by atoms with van der Waals surface area (Å²) in [5.41, 5.74) is 0.151. The maximum absolute atomic E-state index is 12.5. The Kier molecular flexibility index (Phi) is 4.88. The number of likely N-dealkylation sites (tertiary alicyclic amines) is 1. The first-order chi connectivity index (χ1) is 10.2. The Morgan fingerprint density at radius 3 is 2.64 bits per heavy atom. The molecule has 3 N–H and O–H groups in total. The van der Waals surface area contributed by atoms with Crippen molar-refractivity contribution in [3.05, 3.63) is 28.2 Å². The topological polar surface area (TPSA) is 118 Å². The summed E-state index contributed by atoms with van der Waals surface area (Å²) < 4.78 is 23.2. The van der Waals surface area contributed by atoms with Crippen LogP contribution in [0.25, 0.3) is 0 Å². The molecule has 0 spiro atoms. The third-order valence-electron chi connectivity index (χ3n) is 3.55. The van der Waals surface area contributed by atoms with Gasteiger partial charge in [-0.3, -0.25) is 9.59 Å². The zero-order valence-corrected chi connectivity index (χ0v) is 13.9. The zero-order valence-electron chi connectivity index (χ0n) is 11.5. The van der Waals surface area contributed by atoms with Crippen molar-refractivity contribution in [3.8, 4) is 0 Å². The van der Waals surface area contributed by atoms with Crippen LogP contribution in [0, 0.1) is 5.92 Å². The van der Waals surface area contributed by atoms with E-state index in [-0.39, 0.29) is 17.0 Å². The SMILES string of the molecule is NS(=O)(=O)c1ccc(Br)c(C(=O)N2CCCC(C(=O)O)C2)c1. The number of carbonyl (C=O) groups excluding carboxylic acids is 1. The second kappa shape index (κ2) is 6.35. The molecule has 0 bridgehead atoms. The van der Waals surface area contributed by atoms with Crippen molar-refractivity contribution in [2.75, 3.05) is 13.1 Å². The molecule has 1 atom stereocenters. The summed E-state index contributed by atoms with van der Waals surface area (Å²) in [4.78, 5) is 24.9. The molecule has 1 aliphatic heterocycles. The molecular formula is C13H15BrN2O5S. The highest BCUT2D eigenvalue weighted by atomic mass is 79.9. The highest BCUT2D eigenvalue weighted by Crippen LogP contribution is 2.25. The van der Waals surface area contributed by atoms with Crippen LogP contribution in [0.15, 0.2) is 27.6 Å². The van der Waals surface area contributed by atoms with Crippen LogP contribution in [-0.2, 0) is 14.8 Å². The number of carboxylic acids is 1. The van der Waals surface area contributed by atoms with Crippen LogP contribution in [-0.4, -0.2) is 43.4 Å². The second-order valence-electron chi connectivity index (χ2n) is 5.12. The number of carbonyl (C=O) groups is 2. The van der Waals surface area contributed by atoms with Crippen molar-refractivity contribution in [2.24, 2.45) is 11.1 Å². The predicted molar refractivity (Wildman–Crippen MR) is 81.8 cm³/mol. The summed E-state index contributed by atoms with van der Waals surface area (Å²) in [5, 5.41) is 14.1. The number of piperidine rings is 1. The fourth-order valence-electron chi connectivity index (χ4n) is 2.38. The number of sulfonamides is 1. The van der Waals surface area contributed by atoms with E-state index in [9.17, 15) is 18.0 Å². The number of benzene rings is 1. The minimum absolute atomic E-state index is 0.111. The molecule has 1 heterocycles. The number of nitrogens with zero attached hydrogens (tertiary/aromatic N) is 1. The van der Waals surface area contributed by atoms with E-state index in [0.29, 0.717) is 23.9 Å². The molecule has 9 heteroatoms. The van der Waals surface area contributed by atoms with Gasteiger partial charge in [0.2, 0.25) is 10.0 Å². The van der Waals surface area contributed by atoms with Crippen LogP contribution in [0.1, 0.15) is 23.2 Å². The molecule has 0 aromatic heterocycles. The minimum Gasteiger partial charge on any atom is -0.481 e. The Labute approximate surface area is 136 Å². The van der Waals surface area contributed by atoms with E-state index in [2.05, 4.69) is 15.9 Å². The first-order valence-corrected chi connectivity index (χ1v) is 8.88. The van der Waals surface area contributed by atoms with Crippen LogP contribution in [0.5, 0.6) is 0 Å². The van der Waals surface area contributed by atoms with E-state index in [1.165, 1.54) is 23.1 Å². The van der Waals surface area contributed by atoms with E-state index < -0.39 is 27.8 Å². The number of hydrogen-bond acceptors (Lipinski definition) is 4. The monoisotopic (exact) mass is 390 g/mol. The van der Waals surface area contributed by atoms with E-state index in [1.54, 1.807) is 0 Å². The number of rotatable bonds is 3. The lowest BCUT2D eigenvalue weighted by Crippen LogP contribution is -2.42. The molecule has 1 fully saturated rings. The first kappa shape index (κ1) is 16.9. The number of carboxylic acid groups (broad SMARTS) is 1. The van der Waals surface area contributed by atoms with Gasteiger partial charge in [-0.2, -0.15) is 0 Å². The lowest BCUT2D eigenvalue weighted by molar-refractivity contribution is -0.143. The Balaban J connectivity index is 2.31. The third-order valence-corrected chi connectivity index (χ3v) is 5.16. The van der Waals surface area contributed by atoms with Crippen molar-refractivity contribution in [2.45, 2.75) is 17.7 Å². The minimum atomic E-state index is -3.92. The molecule has 2 rings (SSSR count). The summed E-state index contributed by atoms with van der Waals surface area (Å²) >= 11 is 3.21. The summed E-state index contributed by atoms with van der Waals surface area (Å²) in [6, 6.07) is 3.93. The van der Waals surface area contributed by atoms with Gasteiger partial charge in [0.1, 0.15) is 0 Å². The molecule has 120 valence electrons. The number of primary sulfonamides is 1. The van der Waals surface area contributed by atoms with Gasteiger partial charge in [0.25, 0.3) is 5.91 Å². The van der Waals surface area contributed by atoms with Gasteiger partial charge in [-0.15, -0.1) is 0 Å². The van der Waals surface area contributed by atoms with E-state index in [1.807, 2.05) is 0 Å². The average molecular weight is 391 g/mol. The predicted octanol–water partition coefficient (Wildman–Crippen LogP) is 1.03. The molecule has 0 saturated carbocycles. The highest BCUT2D eigenvalue weighted by molar-refractivity contribution is 9.10. The van der Waals surface area contributed by atoms with Gasteiger partial charge >= 0.3 is 5.97 Å². The van der Waals surface area contributed by atoms with Crippen LogP contribution in [0.4, 0.5) is 0 Å². The summed E-state index contributed by atoms with van der Waals surface area (Å²) in [6.07, 6.45) is 1.12. The average Bonchev–Trinajstić information content (AvgIpc) is 2.46. The van der Waals surface area contributed by atoms with Crippen LogP contribution in [0.3, 0.4) is 0 Å². The van der Waals surface area contributed by atoms with Gasteiger partial charge in [0, 0.05) is 17.6 Å². The molecule has 1 amide bonds.